The van der Waals surface area contributed by atoms with Crippen molar-refractivity contribution < 1.29 is 14.3 Å². The van der Waals surface area contributed by atoms with Crippen LogP contribution in [0.1, 0.15) is 16.8 Å². The Morgan fingerprint density at radius 3 is 2.60 bits per heavy atom. The topological polar surface area (TPSA) is 99.3 Å². The van der Waals surface area contributed by atoms with Crippen molar-refractivity contribution in [1.29, 1.82) is 0 Å². The molecule has 2 aromatic carbocycles. The van der Waals surface area contributed by atoms with Crippen LogP contribution >= 0.6 is 0 Å². The van der Waals surface area contributed by atoms with E-state index < -0.39 is 5.69 Å². The summed E-state index contributed by atoms with van der Waals surface area (Å²) in [5.41, 5.74) is 7.78. The van der Waals surface area contributed by atoms with Gasteiger partial charge in [0.05, 0.1) is 25.3 Å². The van der Waals surface area contributed by atoms with Gasteiger partial charge in [0.25, 0.3) is 0 Å². The van der Waals surface area contributed by atoms with Crippen molar-refractivity contribution in [3.8, 4) is 11.5 Å². The van der Waals surface area contributed by atoms with Crippen LogP contribution < -0.4 is 20.9 Å². The Morgan fingerprint density at radius 1 is 1.12 bits per heavy atom. The van der Waals surface area contributed by atoms with Crippen molar-refractivity contribution in [3.05, 3.63) is 52.4 Å². The maximum absolute atomic E-state index is 12.5. The van der Waals surface area contributed by atoms with Gasteiger partial charge >= 0.3 is 5.69 Å². The fourth-order valence-electron chi connectivity index (χ4n) is 2.77. The van der Waals surface area contributed by atoms with E-state index in [0.717, 1.165) is 10.1 Å². The van der Waals surface area contributed by atoms with Crippen molar-refractivity contribution in [2.24, 2.45) is 0 Å². The molecule has 0 fully saturated rings. The quantitative estimate of drug-likeness (QED) is 0.693. The van der Waals surface area contributed by atoms with Gasteiger partial charge in [0.1, 0.15) is 0 Å². The van der Waals surface area contributed by atoms with Crippen molar-refractivity contribution in [2.45, 2.75) is 12.8 Å². The van der Waals surface area contributed by atoms with Crippen LogP contribution in [0.3, 0.4) is 0 Å². The van der Waals surface area contributed by atoms with E-state index in [2.05, 4.69) is 4.98 Å². The predicted molar refractivity (Wildman–Crippen MR) is 95.5 cm³/mol. The second-order valence-corrected chi connectivity index (χ2v) is 5.63. The summed E-state index contributed by atoms with van der Waals surface area (Å²) in [6.07, 6.45) is 0.651. The first-order valence-corrected chi connectivity index (χ1v) is 7.78. The van der Waals surface area contributed by atoms with Gasteiger partial charge in [0, 0.05) is 12.1 Å². The lowest BCUT2D eigenvalue weighted by Gasteiger charge is -2.09. The smallest absolute Gasteiger partial charge is 0.333 e. The van der Waals surface area contributed by atoms with E-state index in [1.165, 1.54) is 0 Å². The van der Waals surface area contributed by atoms with Crippen LogP contribution in [0.15, 0.2) is 41.2 Å². The third-order valence-corrected chi connectivity index (χ3v) is 4.03. The number of carbonyl (C=O) groups is 1. The number of imidazole rings is 1. The highest BCUT2D eigenvalue weighted by molar-refractivity contribution is 5.91. The minimum absolute atomic E-state index is 0.178. The molecule has 0 amide bonds. The third kappa shape index (κ3) is 3.21. The zero-order chi connectivity index (χ0) is 18.0. The van der Waals surface area contributed by atoms with E-state index in [0.29, 0.717) is 34.6 Å². The number of hydrogen-bond acceptors (Lipinski definition) is 5. The van der Waals surface area contributed by atoms with Crippen molar-refractivity contribution >= 4 is 22.6 Å². The standard InChI is InChI=1S/C18H19N3O4/c1-24-15-7-3-11(9-16(15)25-2)4-8-17(22)21-14-10-12(19)5-6-13(14)20-18(21)23/h3,5-7,9-10H,4,8,19H2,1-2H3,(H,20,23). The molecule has 3 rings (SSSR count). The van der Waals surface area contributed by atoms with Gasteiger partial charge in [-0.15, -0.1) is 0 Å². The number of carbonyl (C=O) groups excluding carboxylic acids is 1. The lowest BCUT2D eigenvalue weighted by Crippen LogP contribution is -2.24. The van der Waals surface area contributed by atoms with Crippen LogP contribution in [-0.4, -0.2) is 29.7 Å². The second kappa shape index (κ2) is 6.72. The van der Waals surface area contributed by atoms with Crippen molar-refractivity contribution in [3.63, 3.8) is 0 Å². The molecule has 7 nitrogen and oxygen atoms in total. The number of hydrogen-bond donors (Lipinski definition) is 2. The molecule has 0 unspecified atom stereocenters. The number of benzene rings is 2. The molecule has 1 heterocycles. The lowest BCUT2D eigenvalue weighted by atomic mass is 10.1. The van der Waals surface area contributed by atoms with Gasteiger partial charge in [-0.3, -0.25) is 4.79 Å². The van der Waals surface area contributed by atoms with Gasteiger partial charge in [-0.05, 0) is 42.3 Å². The summed E-state index contributed by atoms with van der Waals surface area (Å²) in [6.45, 7) is 0. The fourth-order valence-corrected chi connectivity index (χ4v) is 2.77. The normalized spacial score (nSPS) is 10.8. The first-order valence-electron chi connectivity index (χ1n) is 7.78. The van der Waals surface area contributed by atoms with Crippen LogP contribution in [0.5, 0.6) is 11.5 Å². The van der Waals surface area contributed by atoms with E-state index in [-0.39, 0.29) is 12.3 Å². The molecule has 3 aromatic rings. The number of ether oxygens (including phenoxy) is 2. The average molecular weight is 341 g/mol. The van der Waals surface area contributed by atoms with Crippen LogP contribution in [0.2, 0.25) is 0 Å². The SMILES string of the molecule is COc1ccc(CCC(=O)n2c(=O)[nH]c3ccc(N)cc32)cc1OC. The molecular weight excluding hydrogens is 322 g/mol. The Balaban J connectivity index is 1.83. The van der Waals surface area contributed by atoms with E-state index in [1.807, 2.05) is 12.1 Å². The third-order valence-electron chi connectivity index (χ3n) is 4.03. The summed E-state index contributed by atoms with van der Waals surface area (Å²) in [7, 11) is 3.12. The number of aryl methyl sites for hydroxylation is 1. The molecule has 0 aliphatic carbocycles. The maximum atomic E-state index is 12.5. The first kappa shape index (κ1) is 16.6. The largest absolute Gasteiger partial charge is 0.493 e. The number of aromatic nitrogens is 2. The summed E-state index contributed by atoms with van der Waals surface area (Å²) in [6, 6.07) is 10.5. The Bertz CT molecular complexity index is 988. The first-order chi connectivity index (χ1) is 12.0. The molecule has 0 aliphatic heterocycles. The zero-order valence-corrected chi connectivity index (χ0v) is 14.0. The maximum Gasteiger partial charge on any atom is 0.333 e. The molecule has 3 N–H and O–H groups in total. The highest BCUT2D eigenvalue weighted by atomic mass is 16.5. The summed E-state index contributed by atoms with van der Waals surface area (Å²) in [5, 5.41) is 0. The molecular formula is C18H19N3O4. The van der Waals surface area contributed by atoms with Crippen LogP contribution in [0.4, 0.5) is 5.69 Å². The van der Waals surface area contributed by atoms with Gasteiger partial charge in [-0.2, -0.15) is 0 Å². The Kier molecular flexibility index (Phi) is 4.47. The van der Waals surface area contributed by atoms with Crippen molar-refractivity contribution in [1.82, 2.24) is 9.55 Å². The Labute approximate surface area is 144 Å². The fraction of sp³-hybridized carbons (Fsp3) is 0.222. The monoisotopic (exact) mass is 341 g/mol. The molecule has 0 aliphatic rings. The van der Waals surface area contributed by atoms with Gasteiger partial charge in [-0.25, -0.2) is 9.36 Å². The number of rotatable bonds is 5. The van der Waals surface area contributed by atoms with E-state index >= 15 is 0 Å². The van der Waals surface area contributed by atoms with Gasteiger partial charge in [0.2, 0.25) is 5.91 Å². The molecule has 130 valence electrons. The van der Waals surface area contributed by atoms with Crippen LogP contribution in [0, 0.1) is 0 Å². The molecule has 0 radical (unpaired) electrons. The lowest BCUT2D eigenvalue weighted by molar-refractivity contribution is 0.0904. The van der Waals surface area contributed by atoms with E-state index in [9.17, 15) is 9.59 Å². The number of H-pyrrole nitrogens is 1. The second-order valence-electron chi connectivity index (χ2n) is 5.63. The van der Waals surface area contributed by atoms with Crippen LogP contribution in [-0.2, 0) is 6.42 Å². The number of methoxy groups -OCH3 is 2. The minimum Gasteiger partial charge on any atom is -0.493 e. The Morgan fingerprint density at radius 2 is 1.88 bits per heavy atom. The van der Waals surface area contributed by atoms with E-state index in [4.69, 9.17) is 15.2 Å². The Hall–Kier alpha value is -3.22. The number of fused-ring (bicyclic) bond motifs is 1. The van der Waals surface area contributed by atoms with E-state index in [1.54, 1.807) is 38.5 Å². The van der Waals surface area contributed by atoms with Gasteiger partial charge < -0.3 is 20.2 Å². The number of nitrogens with zero attached hydrogens (tertiary/aromatic N) is 1. The summed E-state index contributed by atoms with van der Waals surface area (Å²) in [4.78, 5) is 27.3. The van der Waals surface area contributed by atoms with Gasteiger partial charge in [-0.1, -0.05) is 6.07 Å². The number of nitrogen functional groups attached to an aromatic ring is 1. The summed E-state index contributed by atoms with van der Waals surface area (Å²) >= 11 is 0. The zero-order valence-electron chi connectivity index (χ0n) is 14.0. The minimum atomic E-state index is -0.460. The number of anilines is 1. The molecule has 25 heavy (non-hydrogen) atoms. The van der Waals surface area contributed by atoms with Crippen LogP contribution in [0.25, 0.3) is 11.0 Å². The highest BCUT2D eigenvalue weighted by Gasteiger charge is 2.15. The van der Waals surface area contributed by atoms with Gasteiger partial charge in [0.15, 0.2) is 11.5 Å². The molecule has 0 saturated heterocycles. The van der Waals surface area contributed by atoms with Crippen molar-refractivity contribution in [2.75, 3.05) is 20.0 Å². The molecule has 0 atom stereocenters. The predicted octanol–water partition coefficient (Wildman–Crippen LogP) is 2.20. The molecule has 0 spiro atoms. The highest BCUT2D eigenvalue weighted by Crippen LogP contribution is 2.28. The number of aromatic amines is 1. The molecule has 7 heteroatoms. The summed E-state index contributed by atoms with van der Waals surface area (Å²) < 4.78 is 11.6. The summed E-state index contributed by atoms with van der Waals surface area (Å²) in [5.74, 6) is 0.932. The number of nitrogens with two attached hydrogens (primary N) is 1. The number of nitrogens with one attached hydrogen (secondary N) is 1. The molecule has 0 saturated carbocycles. The molecule has 1 aromatic heterocycles. The molecule has 0 bridgehead atoms. The average Bonchev–Trinajstić information content (AvgIpc) is 2.94.